The standard InChI is InChI=1S/C13H22BrO3/c1-4-17-13(16)11(8-14)6-5-7-12(9-15)10(2)3/h6,10,12H,4-5,7-9H2,1-3H3/q-1/b11-6+. The minimum atomic E-state index is -0.271. The van der Waals surface area contributed by atoms with Crippen LogP contribution in [0.1, 0.15) is 33.6 Å². The highest BCUT2D eigenvalue weighted by atomic mass is 79.9. The second-order valence-corrected chi connectivity index (χ2v) is 4.89. The molecule has 0 aromatic heterocycles. The topological polar surface area (TPSA) is 49.4 Å². The van der Waals surface area contributed by atoms with Crippen LogP contribution in [0.4, 0.5) is 0 Å². The van der Waals surface area contributed by atoms with Gasteiger partial charge in [0.1, 0.15) is 0 Å². The fraction of sp³-hybridized carbons (Fsp3) is 0.769. The first-order valence-electron chi connectivity index (χ1n) is 6.06. The van der Waals surface area contributed by atoms with Crippen LogP contribution in [0.2, 0.25) is 0 Å². The second kappa shape index (κ2) is 9.66. The predicted molar refractivity (Wildman–Crippen MR) is 70.9 cm³/mol. The Labute approximate surface area is 112 Å². The number of esters is 1. The van der Waals surface area contributed by atoms with Crippen molar-refractivity contribution in [1.82, 2.24) is 0 Å². The van der Waals surface area contributed by atoms with Gasteiger partial charge in [0.2, 0.25) is 0 Å². The van der Waals surface area contributed by atoms with Crippen molar-refractivity contribution in [1.29, 1.82) is 0 Å². The van der Waals surface area contributed by atoms with Crippen LogP contribution in [-0.2, 0) is 9.53 Å². The van der Waals surface area contributed by atoms with Gasteiger partial charge in [-0.1, -0.05) is 41.8 Å². The molecule has 0 saturated heterocycles. The number of hydrogen-bond acceptors (Lipinski definition) is 3. The molecular formula is C13H22BrO3-. The molecule has 1 atom stereocenters. The van der Waals surface area contributed by atoms with Crippen molar-refractivity contribution in [3.63, 3.8) is 0 Å². The zero-order chi connectivity index (χ0) is 13.3. The molecule has 0 aliphatic rings. The Kier molecular flexibility index (Phi) is 9.46. The maximum absolute atomic E-state index is 11.5. The van der Waals surface area contributed by atoms with E-state index in [1.54, 1.807) is 6.92 Å². The summed E-state index contributed by atoms with van der Waals surface area (Å²) < 4.78 is 4.93. The van der Waals surface area contributed by atoms with Crippen LogP contribution < -0.4 is 5.11 Å². The van der Waals surface area contributed by atoms with Gasteiger partial charge in [0.15, 0.2) is 0 Å². The van der Waals surface area contributed by atoms with E-state index in [0.29, 0.717) is 23.4 Å². The third kappa shape index (κ3) is 6.84. The van der Waals surface area contributed by atoms with Gasteiger partial charge in [0.05, 0.1) is 6.61 Å². The number of halogens is 1. The zero-order valence-corrected chi connectivity index (χ0v) is 12.5. The maximum atomic E-state index is 11.5. The Morgan fingerprint density at radius 3 is 2.53 bits per heavy atom. The van der Waals surface area contributed by atoms with Crippen molar-refractivity contribution in [2.75, 3.05) is 18.5 Å². The van der Waals surface area contributed by atoms with Crippen LogP contribution in [0.5, 0.6) is 0 Å². The molecule has 0 fully saturated rings. The number of hydrogen-bond donors (Lipinski definition) is 0. The maximum Gasteiger partial charge on any atom is 0.334 e. The molecule has 0 rings (SSSR count). The molecule has 0 amide bonds. The molecule has 0 bridgehead atoms. The van der Waals surface area contributed by atoms with Crippen molar-refractivity contribution in [3.05, 3.63) is 11.6 Å². The van der Waals surface area contributed by atoms with Crippen LogP contribution in [-0.4, -0.2) is 24.5 Å². The Morgan fingerprint density at radius 1 is 1.47 bits per heavy atom. The fourth-order valence-electron chi connectivity index (χ4n) is 1.50. The van der Waals surface area contributed by atoms with E-state index in [2.05, 4.69) is 29.8 Å². The number of allylic oxidation sites excluding steroid dienone is 1. The molecule has 0 radical (unpaired) electrons. The van der Waals surface area contributed by atoms with E-state index in [0.717, 1.165) is 12.8 Å². The summed E-state index contributed by atoms with van der Waals surface area (Å²) in [7, 11) is 0. The lowest BCUT2D eigenvalue weighted by Crippen LogP contribution is -2.22. The Balaban J connectivity index is 4.23. The molecule has 0 aliphatic carbocycles. The van der Waals surface area contributed by atoms with Crippen molar-refractivity contribution >= 4 is 21.9 Å². The first kappa shape index (κ1) is 16.6. The first-order valence-corrected chi connectivity index (χ1v) is 7.19. The quantitative estimate of drug-likeness (QED) is 0.393. The zero-order valence-electron chi connectivity index (χ0n) is 10.9. The normalized spacial score (nSPS) is 13.9. The van der Waals surface area contributed by atoms with E-state index in [1.807, 2.05) is 6.08 Å². The minimum absolute atomic E-state index is 0.0471. The SMILES string of the molecule is CCOC(=O)/C(=C/CCC(C[O-])C(C)C)CBr. The van der Waals surface area contributed by atoms with Crippen LogP contribution in [0, 0.1) is 11.8 Å². The lowest BCUT2D eigenvalue weighted by Gasteiger charge is -2.23. The van der Waals surface area contributed by atoms with Crippen molar-refractivity contribution in [2.24, 2.45) is 11.8 Å². The largest absolute Gasteiger partial charge is 0.854 e. The molecule has 1 unspecified atom stereocenters. The summed E-state index contributed by atoms with van der Waals surface area (Å²) in [4.78, 5) is 11.5. The number of ether oxygens (including phenoxy) is 1. The smallest absolute Gasteiger partial charge is 0.334 e. The number of rotatable bonds is 8. The third-order valence-corrected chi connectivity index (χ3v) is 3.37. The Morgan fingerprint density at radius 2 is 2.12 bits per heavy atom. The molecule has 4 heteroatoms. The van der Waals surface area contributed by atoms with Crippen molar-refractivity contribution in [2.45, 2.75) is 33.6 Å². The molecule has 0 saturated carbocycles. The molecular weight excluding hydrogens is 284 g/mol. The molecule has 17 heavy (non-hydrogen) atoms. The minimum Gasteiger partial charge on any atom is -0.854 e. The van der Waals surface area contributed by atoms with Gasteiger partial charge >= 0.3 is 5.97 Å². The van der Waals surface area contributed by atoms with E-state index >= 15 is 0 Å². The Hall–Kier alpha value is -0.350. The summed E-state index contributed by atoms with van der Waals surface area (Å²) in [6, 6.07) is 0. The second-order valence-electron chi connectivity index (χ2n) is 4.33. The summed E-state index contributed by atoms with van der Waals surface area (Å²) in [6.45, 7) is 6.24. The monoisotopic (exact) mass is 305 g/mol. The molecule has 0 aliphatic heterocycles. The van der Waals surface area contributed by atoms with E-state index in [4.69, 9.17) is 4.74 Å². The van der Waals surface area contributed by atoms with Crippen molar-refractivity contribution < 1.29 is 14.6 Å². The highest BCUT2D eigenvalue weighted by Crippen LogP contribution is 2.17. The first-order chi connectivity index (χ1) is 8.06. The van der Waals surface area contributed by atoms with E-state index < -0.39 is 0 Å². The van der Waals surface area contributed by atoms with Gasteiger partial charge in [-0.3, -0.25) is 0 Å². The van der Waals surface area contributed by atoms with Gasteiger partial charge in [0, 0.05) is 10.9 Å². The molecule has 0 heterocycles. The van der Waals surface area contributed by atoms with Crippen molar-refractivity contribution in [3.8, 4) is 0 Å². The van der Waals surface area contributed by atoms with Crippen LogP contribution in [0.3, 0.4) is 0 Å². The third-order valence-electron chi connectivity index (χ3n) is 2.77. The van der Waals surface area contributed by atoms with Crippen LogP contribution in [0.15, 0.2) is 11.6 Å². The van der Waals surface area contributed by atoms with Gasteiger partial charge in [-0.25, -0.2) is 4.79 Å². The summed E-state index contributed by atoms with van der Waals surface area (Å²) in [6.07, 6.45) is 3.46. The average molecular weight is 306 g/mol. The lowest BCUT2D eigenvalue weighted by atomic mass is 9.92. The highest BCUT2D eigenvalue weighted by Gasteiger charge is 2.10. The van der Waals surface area contributed by atoms with Gasteiger partial charge in [-0.05, 0) is 25.7 Å². The summed E-state index contributed by atoms with van der Waals surface area (Å²) in [5, 5.41) is 11.4. The summed E-state index contributed by atoms with van der Waals surface area (Å²) in [5.41, 5.74) is 0.639. The summed E-state index contributed by atoms with van der Waals surface area (Å²) >= 11 is 3.27. The number of alkyl halides is 1. The van der Waals surface area contributed by atoms with Gasteiger partial charge in [-0.15, -0.1) is 6.61 Å². The Bertz CT molecular complexity index is 249. The molecule has 0 aromatic carbocycles. The molecule has 100 valence electrons. The molecule has 0 aromatic rings. The van der Waals surface area contributed by atoms with Gasteiger partial charge in [0.25, 0.3) is 0 Å². The van der Waals surface area contributed by atoms with E-state index in [-0.39, 0.29) is 18.5 Å². The van der Waals surface area contributed by atoms with E-state index in [9.17, 15) is 9.90 Å². The predicted octanol–water partition coefficient (Wildman–Crippen LogP) is 2.28. The lowest BCUT2D eigenvalue weighted by molar-refractivity contribution is -0.381. The summed E-state index contributed by atoms with van der Waals surface area (Å²) in [5.74, 6) is 0.313. The van der Waals surface area contributed by atoms with Crippen LogP contribution in [0.25, 0.3) is 0 Å². The van der Waals surface area contributed by atoms with Gasteiger partial charge in [-0.2, -0.15) is 0 Å². The number of carbonyl (C=O) groups is 1. The van der Waals surface area contributed by atoms with Gasteiger partial charge < -0.3 is 9.84 Å². The molecule has 0 N–H and O–H groups in total. The molecule has 3 nitrogen and oxygen atoms in total. The fourth-order valence-corrected chi connectivity index (χ4v) is 1.95. The van der Waals surface area contributed by atoms with Crippen LogP contribution >= 0.6 is 15.9 Å². The molecule has 0 spiro atoms. The number of carbonyl (C=O) groups excluding carboxylic acids is 1. The van der Waals surface area contributed by atoms with E-state index in [1.165, 1.54) is 0 Å². The highest BCUT2D eigenvalue weighted by molar-refractivity contribution is 9.09. The average Bonchev–Trinajstić information content (AvgIpc) is 2.29.